The lowest BCUT2D eigenvalue weighted by atomic mass is 10.1. The average molecular weight is 270 g/mol. The fourth-order valence-electron chi connectivity index (χ4n) is 2.44. The van der Waals surface area contributed by atoms with Crippen LogP contribution in [0.2, 0.25) is 0 Å². The molecule has 2 nitrogen and oxygen atoms in total. The van der Waals surface area contributed by atoms with Crippen LogP contribution in [0.1, 0.15) is 43.9 Å². The van der Waals surface area contributed by atoms with Gasteiger partial charge in [-0.05, 0) is 49.9 Å². The third-order valence-corrected chi connectivity index (χ3v) is 3.70. The molecule has 0 saturated carbocycles. The topological polar surface area (TPSA) is 17.0 Å². The molecule has 0 aliphatic heterocycles. The van der Waals surface area contributed by atoms with Crippen molar-refractivity contribution in [2.24, 2.45) is 0 Å². The van der Waals surface area contributed by atoms with Crippen LogP contribution in [0, 0.1) is 0 Å². The molecule has 1 aromatic carbocycles. The summed E-state index contributed by atoms with van der Waals surface area (Å²) < 4.78 is 2.31. The highest BCUT2D eigenvalue weighted by atomic mass is 15.0. The van der Waals surface area contributed by atoms with Gasteiger partial charge in [0.2, 0.25) is 0 Å². The van der Waals surface area contributed by atoms with E-state index < -0.39 is 0 Å². The number of aryl methyl sites for hydroxylation is 2. The summed E-state index contributed by atoms with van der Waals surface area (Å²) in [7, 11) is 0. The van der Waals surface area contributed by atoms with Gasteiger partial charge in [0.15, 0.2) is 0 Å². The Labute approximate surface area is 122 Å². The van der Waals surface area contributed by atoms with Crippen LogP contribution in [0.3, 0.4) is 0 Å². The molecule has 1 atom stereocenters. The molecule has 0 amide bonds. The molecule has 0 aliphatic carbocycles. The van der Waals surface area contributed by atoms with Crippen LogP contribution in [0.4, 0.5) is 0 Å². The fourth-order valence-corrected chi connectivity index (χ4v) is 2.44. The molecule has 1 aromatic heterocycles. The van der Waals surface area contributed by atoms with E-state index in [1.807, 2.05) is 0 Å². The van der Waals surface area contributed by atoms with Crippen molar-refractivity contribution in [3.05, 3.63) is 59.9 Å². The van der Waals surface area contributed by atoms with Crippen molar-refractivity contribution in [1.82, 2.24) is 9.88 Å². The lowest BCUT2D eigenvalue weighted by Crippen LogP contribution is -2.18. The molecule has 0 spiro atoms. The van der Waals surface area contributed by atoms with Gasteiger partial charge in [-0.25, -0.2) is 0 Å². The lowest BCUT2D eigenvalue weighted by molar-refractivity contribution is 0.567. The summed E-state index contributed by atoms with van der Waals surface area (Å²) in [4.78, 5) is 0. The normalized spacial score (nSPS) is 12.5. The molecule has 20 heavy (non-hydrogen) atoms. The first-order valence-electron chi connectivity index (χ1n) is 7.72. The van der Waals surface area contributed by atoms with Crippen molar-refractivity contribution in [3.63, 3.8) is 0 Å². The van der Waals surface area contributed by atoms with Gasteiger partial charge in [-0.2, -0.15) is 0 Å². The molecule has 0 radical (unpaired) electrons. The van der Waals surface area contributed by atoms with Gasteiger partial charge in [-0.1, -0.05) is 37.3 Å². The summed E-state index contributed by atoms with van der Waals surface area (Å²) in [6.45, 7) is 6.61. The van der Waals surface area contributed by atoms with Crippen molar-refractivity contribution >= 4 is 0 Å². The van der Waals surface area contributed by atoms with Gasteiger partial charge in [-0.15, -0.1) is 0 Å². The SMILES string of the molecule is CCCNC(C)c1ccn(CCCc2ccccc2)c1. The molecule has 0 bridgehead atoms. The summed E-state index contributed by atoms with van der Waals surface area (Å²) in [5, 5.41) is 3.53. The third-order valence-electron chi connectivity index (χ3n) is 3.70. The van der Waals surface area contributed by atoms with Crippen LogP contribution in [0.25, 0.3) is 0 Å². The quantitative estimate of drug-likeness (QED) is 0.761. The van der Waals surface area contributed by atoms with E-state index in [-0.39, 0.29) is 0 Å². The number of rotatable bonds is 8. The monoisotopic (exact) mass is 270 g/mol. The second-order valence-corrected chi connectivity index (χ2v) is 5.45. The summed E-state index contributed by atoms with van der Waals surface area (Å²) in [6.07, 6.45) is 8.00. The average Bonchev–Trinajstić information content (AvgIpc) is 2.95. The Morgan fingerprint density at radius 3 is 2.70 bits per heavy atom. The van der Waals surface area contributed by atoms with Gasteiger partial charge >= 0.3 is 0 Å². The number of aromatic nitrogens is 1. The first kappa shape index (κ1) is 14.9. The highest BCUT2D eigenvalue weighted by molar-refractivity contribution is 5.16. The Morgan fingerprint density at radius 2 is 1.95 bits per heavy atom. The van der Waals surface area contributed by atoms with E-state index in [0.717, 1.165) is 19.5 Å². The Bertz CT molecular complexity index is 487. The van der Waals surface area contributed by atoms with Crippen LogP contribution in [0.15, 0.2) is 48.8 Å². The van der Waals surface area contributed by atoms with Crippen LogP contribution in [0.5, 0.6) is 0 Å². The number of hydrogen-bond acceptors (Lipinski definition) is 1. The Hall–Kier alpha value is -1.54. The summed E-state index contributed by atoms with van der Waals surface area (Å²) >= 11 is 0. The van der Waals surface area contributed by atoms with Crippen LogP contribution >= 0.6 is 0 Å². The van der Waals surface area contributed by atoms with E-state index in [9.17, 15) is 0 Å². The number of benzene rings is 1. The minimum atomic E-state index is 0.449. The number of nitrogens with zero attached hydrogens (tertiary/aromatic N) is 1. The zero-order chi connectivity index (χ0) is 14.2. The minimum absolute atomic E-state index is 0.449. The Kier molecular flexibility index (Phi) is 5.87. The maximum atomic E-state index is 3.53. The van der Waals surface area contributed by atoms with E-state index >= 15 is 0 Å². The second kappa shape index (κ2) is 7.91. The second-order valence-electron chi connectivity index (χ2n) is 5.45. The van der Waals surface area contributed by atoms with Crippen molar-refractivity contribution in [1.29, 1.82) is 0 Å². The van der Waals surface area contributed by atoms with Gasteiger partial charge in [0.1, 0.15) is 0 Å². The summed E-state index contributed by atoms with van der Waals surface area (Å²) in [5.74, 6) is 0. The van der Waals surface area contributed by atoms with Gasteiger partial charge in [-0.3, -0.25) is 0 Å². The minimum Gasteiger partial charge on any atom is -0.354 e. The molecule has 2 aromatic rings. The Balaban J connectivity index is 1.78. The molecule has 2 heteroatoms. The van der Waals surface area contributed by atoms with Gasteiger partial charge in [0.05, 0.1) is 0 Å². The molecule has 0 fully saturated rings. The van der Waals surface area contributed by atoms with E-state index in [1.165, 1.54) is 24.0 Å². The molecule has 1 heterocycles. The summed E-state index contributed by atoms with van der Waals surface area (Å²) in [5.41, 5.74) is 2.82. The van der Waals surface area contributed by atoms with Gasteiger partial charge in [0.25, 0.3) is 0 Å². The smallest absolute Gasteiger partial charge is 0.0306 e. The predicted molar refractivity (Wildman–Crippen MR) is 85.9 cm³/mol. The first-order valence-corrected chi connectivity index (χ1v) is 7.72. The molecule has 0 saturated heterocycles. The largest absolute Gasteiger partial charge is 0.354 e. The first-order chi connectivity index (χ1) is 9.79. The molecule has 108 valence electrons. The zero-order valence-electron chi connectivity index (χ0n) is 12.7. The Morgan fingerprint density at radius 1 is 1.15 bits per heavy atom. The van der Waals surface area contributed by atoms with Crippen LogP contribution in [-0.4, -0.2) is 11.1 Å². The molecule has 2 rings (SSSR count). The van der Waals surface area contributed by atoms with E-state index in [4.69, 9.17) is 0 Å². The fraction of sp³-hybridized carbons (Fsp3) is 0.444. The van der Waals surface area contributed by atoms with Gasteiger partial charge in [0, 0.05) is 25.0 Å². The van der Waals surface area contributed by atoms with Crippen molar-refractivity contribution < 1.29 is 0 Å². The standard InChI is InChI=1S/C18H26N2/c1-3-12-19-16(2)18-11-14-20(15-18)13-7-10-17-8-5-4-6-9-17/h4-6,8-9,11,14-16,19H,3,7,10,12-13H2,1-2H3. The number of nitrogens with one attached hydrogen (secondary N) is 1. The molecule has 1 unspecified atom stereocenters. The zero-order valence-corrected chi connectivity index (χ0v) is 12.7. The van der Waals surface area contributed by atoms with E-state index in [2.05, 4.69) is 72.5 Å². The van der Waals surface area contributed by atoms with E-state index in [1.54, 1.807) is 0 Å². The number of hydrogen-bond donors (Lipinski definition) is 1. The van der Waals surface area contributed by atoms with Crippen molar-refractivity contribution in [3.8, 4) is 0 Å². The van der Waals surface area contributed by atoms with Gasteiger partial charge < -0.3 is 9.88 Å². The predicted octanol–water partition coefficient (Wildman–Crippen LogP) is 4.18. The molecular weight excluding hydrogens is 244 g/mol. The highest BCUT2D eigenvalue weighted by Crippen LogP contribution is 2.13. The molecular formula is C18H26N2. The molecule has 0 aliphatic rings. The van der Waals surface area contributed by atoms with Crippen LogP contribution < -0.4 is 5.32 Å². The maximum absolute atomic E-state index is 3.53. The molecule has 1 N–H and O–H groups in total. The lowest BCUT2D eigenvalue weighted by Gasteiger charge is -2.11. The maximum Gasteiger partial charge on any atom is 0.0306 e. The third kappa shape index (κ3) is 4.53. The summed E-state index contributed by atoms with van der Waals surface area (Å²) in [6, 6.07) is 13.4. The van der Waals surface area contributed by atoms with E-state index in [0.29, 0.717) is 6.04 Å². The van der Waals surface area contributed by atoms with Crippen LogP contribution in [-0.2, 0) is 13.0 Å². The highest BCUT2D eigenvalue weighted by Gasteiger charge is 2.05. The van der Waals surface area contributed by atoms with Crippen molar-refractivity contribution in [2.45, 2.75) is 45.7 Å². The van der Waals surface area contributed by atoms with Crippen molar-refractivity contribution in [2.75, 3.05) is 6.54 Å².